The quantitative estimate of drug-likeness (QED) is 0.657. The zero-order chi connectivity index (χ0) is 25.4. The number of anilines is 3. The summed E-state index contributed by atoms with van der Waals surface area (Å²) >= 11 is 0. The van der Waals surface area contributed by atoms with E-state index in [-0.39, 0.29) is 35.1 Å². The molecule has 5 rings (SSSR count). The molecule has 188 valence electrons. The number of fused-ring (bicyclic) bond motifs is 1. The summed E-state index contributed by atoms with van der Waals surface area (Å²) in [5.41, 5.74) is 1.36. The lowest BCUT2D eigenvalue weighted by atomic mass is 10.0. The largest absolute Gasteiger partial charge is 0.369 e. The van der Waals surface area contributed by atoms with Gasteiger partial charge in [-0.1, -0.05) is 12.8 Å². The van der Waals surface area contributed by atoms with Crippen LogP contribution in [-0.2, 0) is 0 Å². The minimum Gasteiger partial charge on any atom is -0.369 e. The highest BCUT2D eigenvalue weighted by molar-refractivity contribution is 5.95. The zero-order valence-corrected chi connectivity index (χ0v) is 20.5. The number of nitriles is 1. The van der Waals surface area contributed by atoms with Gasteiger partial charge in [0.25, 0.3) is 5.91 Å². The van der Waals surface area contributed by atoms with Gasteiger partial charge >= 0.3 is 0 Å². The Labute approximate surface area is 209 Å². The number of carbonyl (C=O) groups is 1. The molecule has 0 radical (unpaired) electrons. The second-order valence-electron chi connectivity index (χ2n) is 9.88. The van der Waals surface area contributed by atoms with Crippen LogP contribution in [0.5, 0.6) is 0 Å². The summed E-state index contributed by atoms with van der Waals surface area (Å²) in [5, 5.41) is 23.3. The summed E-state index contributed by atoms with van der Waals surface area (Å²) in [6.07, 6.45) is 6.95. The van der Waals surface area contributed by atoms with Crippen LogP contribution >= 0.6 is 0 Å². The molecule has 2 N–H and O–H groups in total. The Morgan fingerprint density at radius 1 is 1.28 bits per heavy atom. The SMILES string of the molecule is CN(C)[C@H]1CCN(C(=O)c2ccc(Nc3ncc4c(n3)N(C3CCCC3)C(O)C(C#N)=C4)cc2F)C1. The number of rotatable bonds is 5. The van der Waals surface area contributed by atoms with Crippen LogP contribution in [-0.4, -0.2) is 76.3 Å². The molecule has 2 atom stereocenters. The number of likely N-dealkylation sites (tertiary alicyclic amines) is 1. The number of aromatic nitrogens is 2. The first-order valence-electron chi connectivity index (χ1n) is 12.3. The average Bonchev–Trinajstić information content (AvgIpc) is 3.56. The third kappa shape index (κ3) is 4.52. The maximum atomic E-state index is 15.0. The Morgan fingerprint density at radius 2 is 2.06 bits per heavy atom. The van der Waals surface area contributed by atoms with E-state index in [0.29, 0.717) is 30.2 Å². The summed E-state index contributed by atoms with van der Waals surface area (Å²) < 4.78 is 15.0. The number of carbonyl (C=O) groups excluding carboxylic acids is 1. The van der Waals surface area contributed by atoms with Gasteiger partial charge in [-0.2, -0.15) is 10.2 Å². The topological polar surface area (TPSA) is 109 Å². The summed E-state index contributed by atoms with van der Waals surface area (Å²) in [5.74, 6) is -0.136. The molecule has 0 spiro atoms. The van der Waals surface area contributed by atoms with Crippen molar-refractivity contribution in [2.24, 2.45) is 0 Å². The third-order valence-corrected chi connectivity index (χ3v) is 7.38. The van der Waals surface area contributed by atoms with E-state index in [2.05, 4.69) is 26.3 Å². The van der Waals surface area contributed by atoms with Gasteiger partial charge in [0.05, 0.1) is 17.2 Å². The number of hydrogen-bond acceptors (Lipinski definition) is 8. The Balaban J connectivity index is 1.36. The molecule has 2 aliphatic heterocycles. The summed E-state index contributed by atoms with van der Waals surface area (Å²) in [6.45, 7) is 1.19. The highest BCUT2D eigenvalue weighted by Gasteiger charge is 2.35. The van der Waals surface area contributed by atoms with Crippen LogP contribution in [0.2, 0.25) is 0 Å². The van der Waals surface area contributed by atoms with E-state index in [1.807, 2.05) is 14.1 Å². The lowest BCUT2D eigenvalue weighted by Crippen LogP contribution is -2.45. The molecule has 9 nitrogen and oxygen atoms in total. The first-order valence-corrected chi connectivity index (χ1v) is 12.3. The van der Waals surface area contributed by atoms with Gasteiger partial charge in [-0.15, -0.1) is 0 Å². The fourth-order valence-electron chi connectivity index (χ4n) is 5.32. The van der Waals surface area contributed by atoms with Crippen LogP contribution in [0.4, 0.5) is 21.8 Å². The highest BCUT2D eigenvalue weighted by Crippen LogP contribution is 2.37. The van der Waals surface area contributed by atoms with Crippen LogP contribution in [0.3, 0.4) is 0 Å². The summed E-state index contributed by atoms with van der Waals surface area (Å²) in [6, 6.07) is 6.82. The minimum atomic E-state index is -1.06. The molecule has 1 aliphatic carbocycles. The molecule has 1 aromatic heterocycles. The maximum absolute atomic E-state index is 15.0. The number of nitrogens with one attached hydrogen (secondary N) is 1. The van der Waals surface area contributed by atoms with Gasteiger partial charge < -0.3 is 25.1 Å². The van der Waals surface area contributed by atoms with Crippen LogP contribution in [0.15, 0.2) is 30.0 Å². The Morgan fingerprint density at radius 3 is 2.72 bits per heavy atom. The number of likely N-dealkylation sites (N-methyl/N-ethyl adjacent to an activating group) is 1. The third-order valence-electron chi connectivity index (χ3n) is 7.38. The van der Waals surface area contributed by atoms with E-state index >= 15 is 0 Å². The van der Waals surface area contributed by atoms with Gasteiger partial charge in [-0.25, -0.2) is 9.37 Å². The van der Waals surface area contributed by atoms with Gasteiger partial charge in [-0.3, -0.25) is 4.79 Å². The minimum absolute atomic E-state index is 0.0380. The molecule has 1 saturated heterocycles. The van der Waals surface area contributed by atoms with E-state index in [0.717, 1.165) is 32.1 Å². The molecule has 1 amide bonds. The van der Waals surface area contributed by atoms with Gasteiger partial charge in [0.2, 0.25) is 5.95 Å². The molecule has 1 unspecified atom stereocenters. The Hall–Kier alpha value is -3.55. The fourth-order valence-corrected chi connectivity index (χ4v) is 5.32. The number of nitrogens with zero attached hydrogens (tertiary/aromatic N) is 6. The smallest absolute Gasteiger partial charge is 0.256 e. The van der Waals surface area contributed by atoms with Crippen LogP contribution in [0, 0.1) is 17.1 Å². The van der Waals surface area contributed by atoms with Crippen molar-refractivity contribution < 1.29 is 14.3 Å². The Kier molecular flexibility index (Phi) is 6.60. The predicted octanol–water partition coefficient (Wildman–Crippen LogP) is 3.12. The van der Waals surface area contributed by atoms with Crippen molar-refractivity contribution in [3.63, 3.8) is 0 Å². The molecule has 3 heterocycles. The normalized spacial score (nSPS) is 21.9. The molecule has 1 saturated carbocycles. The maximum Gasteiger partial charge on any atom is 0.256 e. The second kappa shape index (κ2) is 9.84. The molecular weight excluding hydrogens is 461 g/mol. The summed E-state index contributed by atoms with van der Waals surface area (Å²) in [7, 11) is 3.96. The van der Waals surface area contributed by atoms with Crippen molar-refractivity contribution in [1.29, 1.82) is 5.26 Å². The number of aliphatic hydroxyl groups is 1. The highest BCUT2D eigenvalue weighted by atomic mass is 19.1. The Bertz CT molecular complexity index is 1240. The van der Waals surface area contributed by atoms with E-state index in [4.69, 9.17) is 0 Å². The second-order valence-corrected chi connectivity index (χ2v) is 9.88. The predicted molar refractivity (Wildman–Crippen MR) is 134 cm³/mol. The van der Waals surface area contributed by atoms with Crippen LogP contribution < -0.4 is 10.2 Å². The number of hydrogen-bond donors (Lipinski definition) is 2. The number of benzene rings is 1. The van der Waals surface area contributed by atoms with Crippen molar-refractivity contribution in [3.8, 4) is 6.07 Å². The molecule has 1 aromatic carbocycles. The summed E-state index contributed by atoms with van der Waals surface area (Å²) in [4.78, 5) is 27.4. The van der Waals surface area contributed by atoms with Crippen molar-refractivity contribution in [3.05, 3.63) is 46.9 Å². The van der Waals surface area contributed by atoms with E-state index in [1.165, 1.54) is 12.1 Å². The van der Waals surface area contributed by atoms with Gasteiger partial charge in [0.1, 0.15) is 11.6 Å². The standard InChI is InChI=1S/C26H30FN7O2/c1-32(2)20-9-10-33(15-20)25(36)21-8-7-18(12-22(21)27)30-26-29-14-17-11-16(13-28)24(35)34(23(17)31-26)19-5-3-4-6-19/h7-8,11-12,14,19-20,24,35H,3-6,9-10,15H2,1-2H3,(H,29,30,31)/t20-,24?/m0/s1. The lowest BCUT2D eigenvalue weighted by Gasteiger charge is -2.37. The van der Waals surface area contributed by atoms with Crippen molar-refractivity contribution in [2.75, 3.05) is 37.4 Å². The van der Waals surface area contributed by atoms with Crippen molar-refractivity contribution in [2.45, 2.75) is 50.4 Å². The van der Waals surface area contributed by atoms with Crippen LogP contribution in [0.25, 0.3) is 6.08 Å². The van der Waals surface area contributed by atoms with Crippen LogP contribution in [0.1, 0.15) is 48.0 Å². The fraction of sp³-hybridized carbons (Fsp3) is 0.462. The van der Waals surface area contributed by atoms with Gasteiger partial charge in [0, 0.05) is 42.6 Å². The van der Waals surface area contributed by atoms with E-state index in [9.17, 15) is 19.6 Å². The van der Waals surface area contributed by atoms with Gasteiger partial charge in [-0.05, 0) is 57.6 Å². The molecule has 2 fully saturated rings. The van der Waals surface area contributed by atoms with E-state index < -0.39 is 12.0 Å². The molecule has 0 bridgehead atoms. The first kappa shape index (κ1) is 24.2. The van der Waals surface area contributed by atoms with Crippen molar-refractivity contribution >= 4 is 29.4 Å². The molecule has 10 heteroatoms. The number of amides is 1. The number of aliphatic hydroxyl groups excluding tert-OH is 1. The number of halogens is 1. The first-order chi connectivity index (χ1) is 17.4. The zero-order valence-electron chi connectivity index (χ0n) is 20.5. The lowest BCUT2D eigenvalue weighted by molar-refractivity contribution is 0.0778. The molecule has 36 heavy (non-hydrogen) atoms. The molecule has 3 aliphatic rings. The van der Waals surface area contributed by atoms with Crippen molar-refractivity contribution in [1.82, 2.24) is 19.8 Å². The average molecular weight is 492 g/mol. The van der Waals surface area contributed by atoms with Gasteiger partial charge in [0.15, 0.2) is 6.23 Å². The molecule has 2 aromatic rings. The monoisotopic (exact) mass is 491 g/mol. The van der Waals surface area contributed by atoms with E-state index in [1.54, 1.807) is 28.1 Å². The molecular formula is C26H30FN7O2.